The summed E-state index contributed by atoms with van der Waals surface area (Å²) in [6.07, 6.45) is -0.336. The van der Waals surface area contributed by atoms with Crippen LogP contribution in [0.4, 0.5) is 0 Å². The van der Waals surface area contributed by atoms with Gasteiger partial charge < -0.3 is 9.84 Å². The van der Waals surface area contributed by atoms with Gasteiger partial charge in [0.05, 0.1) is 10.2 Å². The van der Waals surface area contributed by atoms with E-state index < -0.39 is 5.97 Å². The van der Waals surface area contributed by atoms with E-state index in [4.69, 9.17) is 9.84 Å². The average Bonchev–Trinajstić information content (AvgIpc) is 2.47. The molecule has 0 aromatic carbocycles. The second-order valence-corrected chi connectivity index (χ2v) is 4.96. The number of methoxy groups -OCH3 is 1. The van der Waals surface area contributed by atoms with Gasteiger partial charge in [-0.2, -0.15) is 0 Å². The lowest BCUT2D eigenvalue weighted by Crippen LogP contribution is -2.06. The molecule has 0 radical (unpaired) electrons. The molecule has 0 bridgehead atoms. The van der Waals surface area contributed by atoms with Crippen molar-refractivity contribution in [2.75, 3.05) is 7.11 Å². The quantitative estimate of drug-likeness (QED) is 0.910. The first-order valence-corrected chi connectivity index (χ1v) is 5.24. The molecule has 72 valence electrons. The molecule has 0 fully saturated rings. The molecule has 0 spiro atoms. The summed E-state index contributed by atoms with van der Waals surface area (Å²) >= 11 is 4.80. The minimum absolute atomic E-state index is 0.00343. The van der Waals surface area contributed by atoms with Gasteiger partial charge >= 0.3 is 5.97 Å². The second-order valence-electron chi connectivity index (χ2n) is 2.46. The zero-order chi connectivity index (χ0) is 9.84. The van der Waals surface area contributed by atoms with Crippen molar-refractivity contribution in [3.63, 3.8) is 0 Å². The summed E-state index contributed by atoms with van der Waals surface area (Å²) in [7, 11) is 1.52. The van der Waals surface area contributed by atoms with Crippen LogP contribution in [0.3, 0.4) is 0 Å². The van der Waals surface area contributed by atoms with Gasteiger partial charge in [0.1, 0.15) is 6.10 Å². The van der Waals surface area contributed by atoms with Crippen LogP contribution in [-0.2, 0) is 9.53 Å². The highest BCUT2D eigenvalue weighted by Crippen LogP contribution is 2.30. The third-order valence-corrected chi connectivity index (χ3v) is 3.27. The summed E-state index contributed by atoms with van der Waals surface area (Å²) in [5.41, 5.74) is 0. The molecule has 0 aliphatic rings. The number of ether oxygens (including phenoxy) is 1. The third-order valence-electron chi connectivity index (χ3n) is 1.56. The molecule has 1 atom stereocenters. The van der Waals surface area contributed by atoms with E-state index in [1.54, 1.807) is 0 Å². The molecule has 1 unspecified atom stereocenters. The molecule has 1 aromatic rings. The van der Waals surface area contributed by atoms with Gasteiger partial charge in [0, 0.05) is 12.0 Å². The number of aliphatic carboxylic acids is 1. The fraction of sp³-hybridized carbons (Fsp3) is 0.375. The Balaban J connectivity index is 2.72. The summed E-state index contributed by atoms with van der Waals surface area (Å²) in [6, 6.07) is 3.75. The maximum atomic E-state index is 10.5. The van der Waals surface area contributed by atoms with Crippen LogP contribution in [0.25, 0.3) is 0 Å². The highest BCUT2D eigenvalue weighted by atomic mass is 79.9. The molecule has 13 heavy (non-hydrogen) atoms. The first-order valence-electron chi connectivity index (χ1n) is 3.63. The van der Waals surface area contributed by atoms with Crippen LogP contribution in [0, 0.1) is 0 Å². The lowest BCUT2D eigenvalue weighted by atomic mass is 10.2. The van der Waals surface area contributed by atoms with E-state index in [2.05, 4.69) is 15.9 Å². The average molecular weight is 265 g/mol. The number of thiophene rings is 1. The van der Waals surface area contributed by atoms with Gasteiger partial charge in [0.25, 0.3) is 0 Å². The van der Waals surface area contributed by atoms with Crippen molar-refractivity contribution >= 4 is 33.2 Å². The predicted octanol–water partition coefficient (Wildman–Crippen LogP) is 2.67. The number of carbonyl (C=O) groups is 1. The van der Waals surface area contributed by atoms with Crippen LogP contribution < -0.4 is 0 Å². The third kappa shape index (κ3) is 3.10. The number of halogens is 1. The van der Waals surface area contributed by atoms with E-state index in [1.807, 2.05) is 12.1 Å². The molecule has 0 amide bonds. The Bertz CT molecular complexity index is 297. The maximum absolute atomic E-state index is 10.5. The standard InChI is InChI=1S/C8H9BrO3S/c1-12-5(4-8(10)11)6-2-3-7(9)13-6/h2-3,5H,4H2,1H3,(H,10,11). The minimum atomic E-state index is -0.851. The molecular formula is C8H9BrO3S. The Morgan fingerprint density at radius 1 is 1.77 bits per heavy atom. The number of carboxylic acids is 1. The van der Waals surface area contributed by atoms with Gasteiger partial charge in [0.15, 0.2) is 0 Å². The number of hydrogen-bond acceptors (Lipinski definition) is 3. The summed E-state index contributed by atoms with van der Waals surface area (Å²) in [6.45, 7) is 0. The summed E-state index contributed by atoms with van der Waals surface area (Å²) in [5.74, 6) is -0.851. The van der Waals surface area contributed by atoms with E-state index in [0.29, 0.717) is 0 Å². The van der Waals surface area contributed by atoms with E-state index in [0.717, 1.165) is 8.66 Å². The lowest BCUT2D eigenvalue weighted by Gasteiger charge is -2.09. The first-order chi connectivity index (χ1) is 6.13. The van der Waals surface area contributed by atoms with Gasteiger partial charge in [-0.25, -0.2) is 0 Å². The van der Waals surface area contributed by atoms with Crippen LogP contribution in [0.5, 0.6) is 0 Å². The summed E-state index contributed by atoms with van der Waals surface area (Å²) < 4.78 is 6.05. The van der Waals surface area contributed by atoms with Gasteiger partial charge in [-0.1, -0.05) is 0 Å². The zero-order valence-electron chi connectivity index (χ0n) is 6.99. The molecule has 0 saturated heterocycles. The minimum Gasteiger partial charge on any atom is -0.481 e. The normalized spacial score (nSPS) is 12.8. The highest BCUT2D eigenvalue weighted by Gasteiger charge is 2.16. The Labute approximate surface area is 88.5 Å². The molecule has 0 aliphatic carbocycles. The molecular weight excluding hydrogens is 256 g/mol. The monoisotopic (exact) mass is 264 g/mol. The zero-order valence-corrected chi connectivity index (χ0v) is 9.39. The number of hydrogen-bond donors (Lipinski definition) is 1. The topological polar surface area (TPSA) is 46.5 Å². The molecule has 0 aliphatic heterocycles. The van der Waals surface area contributed by atoms with Crippen molar-refractivity contribution in [1.29, 1.82) is 0 Å². The number of rotatable bonds is 4. The fourth-order valence-corrected chi connectivity index (χ4v) is 2.46. The van der Waals surface area contributed by atoms with Crippen molar-refractivity contribution in [1.82, 2.24) is 0 Å². The molecule has 1 rings (SSSR count). The largest absolute Gasteiger partial charge is 0.481 e. The molecule has 5 heteroatoms. The van der Waals surface area contributed by atoms with Gasteiger partial charge in [-0.3, -0.25) is 4.79 Å². The van der Waals surface area contributed by atoms with Crippen molar-refractivity contribution in [3.05, 3.63) is 20.8 Å². The molecule has 1 N–H and O–H groups in total. The van der Waals surface area contributed by atoms with E-state index in [9.17, 15) is 4.79 Å². The SMILES string of the molecule is COC(CC(=O)O)c1ccc(Br)s1. The van der Waals surface area contributed by atoms with Crippen LogP contribution in [0.15, 0.2) is 15.9 Å². The van der Waals surface area contributed by atoms with Gasteiger partial charge in [-0.15, -0.1) is 11.3 Å². The van der Waals surface area contributed by atoms with Crippen molar-refractivity contribution in [2.24, 2.45) is 0 Å². The molecule has 3 nitrogen and oxygen atoms in total. The van der Waals surface area contributed by atoms with E-state index >= 15 is 0 Å². The summed E-state index contributed by atoms with van der Waals surface area (Å²) in [4.78, 5) is 11.4. The molecule has 0 saturated carbocycles. The van der Waals surface area contributed by atoms with Gasteiger partial charge in [0.2, 0.25) is 0 Å². The smallest absolute Gasteiger partial charge is 0.306 e. The highest BCUT2D eigenvalue weighted by molar-refractivity contribution is 9.11. The van der Waals surface area contributed by atoms with Crippen LogP contribution in [-0.4, -0.2) is 18.2 Å². The van der Waals surface area contributed by atoms with Crippen molar-refractivity contribution in [3.8, 4) is 0 Å². The van der Waals surface area contributed by atoms with Crippen molar-refractivity contribution in [2.45, 2.75) is 12.5 Å². The van der Waals surface area contributed by atoms with Crippen LogP contribution in [0.1, 0.15) is 17.4 Å². The Morgan fingerprint density at radius 3 is 2.85 bits per heavy atom. The Morgan fingerprint density at radius 2 is 2.46 bits per heavy atom. The van der Waals surface area contributed by atoms with Crippen molar-refractivity contribution < 1.29 is 14.6 Å². The molecule has 1 heterocycles. The first kappa shape index (κ1) is 10.7. The van der Waals surface area contributed by atoms with Crippen LogP contribution >= 0.6 is 27.3 Å². The number of carboxylic acid groups (broad SMARTS) is 1. The van der Waals surface area contributed by atoms with Gasteiger partial charge in [-0.05, 0) is 28.1 Å². The lowest BCUT2D eigenvalue weighted by molar-refractivity contribution is -0.139. The summed E-state index contributed by atoms with van der Waals surface area (Å²) in [5, 5.41) is 8.60. The second kappa shape index (κ2) is 4.74. The Hall–Kier alpha value is -0.390. The predicted molar refractivity (Wildman–Crippen MR) is 54.0 cm³/mol. The molecule has 1 aromatic heterocycles. The maximum Gasteiger partial charge on any atom is 0.306 e. The van der Waals surface area contributed by atoms with E-state index in [-0.39, 0.29) is 12.5 Å². The van der Waals surface area contributed by atoms with Crippen LogP contribution in [0.2, 0.25) is 0 Å². The fourth-order valence-electron chi connectivity index (χ4n) is 0.960. The Kier molecular flexibility index (Phi) is 3.90. The van der Waals surface area contributed by atoms with E-state index in [1.165, 1.54) is 18.4 Å².